The van der Waals surface area contributed by atoms with E-state index in [1.165, 1.54) is 22.4 Å². The molecule has 1 aliphatic rings. The number of rotatable bonds is 4. The number of fused-ring (bicyclic) bond motifs is 1. The van der Waals surface area contributed by atoms with Gasteiger partial charge in [0.05, 0.1) is 16.1 Å². The summed E-state index contributed by atoms with van der Waals surface area (Å²) in [6, 6.07) is 3.30. The second-order valence-electron chi connectivity index (χ2n) is 7.51. The number of aromatic nitrogens is 2. The van der Waals surface area contributed by atoms with E-state index < -0.39 is 21.4 Å². The van der Waals surface area contributed by atoms with E-state index in [1.54, 1.807) is 32.9 Å². The van der Waals surface area contributed by atoms with E-state index >= 15 is 0 Å². The summed E-state index contributed by atoms with van der Waals surface area (Å²) in [7, 11) is -3.53. The highest BCUT2D eigenvalue weighted by Gasteiger charge is 2.30. The molecule has 0 N–H and O–H groups in total. The molecule has 0 unspecified atom stereocenters. The van der Waals surface area contributed by atoms with Gasteiger partial charge in [-0.25, -0.2) is 18.4 Å². The highest BCUT2D eigenvalue weighted by Crippen LogP contribution is 2.34. The Morgan fingerprint density at radius 2 is 2.07 bits per heavy atom. The molecule has 0 saturated heterocycles. The third kappa shape index (κ3) is 4.56. The maximum absolute atomic E-state index is 12.8. The van der Waals surface area contributed by atoms with E-state index in [0.717, 1.165) is 11.1 Å². The number of amides is 1. The van der Waals surface area contributed by atoms with Crippen LogP contribution in [-0.2, 0) is 25.8 Å². The molecule has 0 bridgehead atoms. The zero-order valence-corrected chi connectivity index (χ0v) is 17.7. The van der Waals surface area contributed by atoms with Gasteiger partial charge in [0, 0.05) is 30.3 Å². The van der Waals surface area contributed by atoms with Crippen LogP contribution in [-0.4, -0.2) is 60.1 Å². The van der Waals surface area contributed by atoms with Crippen LogP contribution < -0.4 is 0 Å². The molecule has 8 nitrogen and oxygen atoms in total. The van der Waals surface area contributed by atoms with E-state index in [0.29, 0.717) is 29.1 Å². The Morgan fingerprint density at radius 3 is 2.71 bits per heavy atom. The zero-order chi connectivity index (χ0) is 20.7. The van der Waals surface area contributed by atoms with Gasteiger partial charge in [0.2, 0.25) is 15.0 Å². The highest BCUT2D eigenvalue weighted by molar-refractivity contribution is 7.90. The quantitative estimate of drug-likeness (QED) is 0.546. The molecule has 28 heavy (non-hydrogen) atoms. The van der Waals surface area contributed by atoms with Crippen molar-refractivity contribution in [2.75, 3.05) is 19.3 Å². The molecule has 0 fully saturated rings. The van der Waals surface area contributed by atoms with Crippen molar-refractivity contribution in [2.45, 2.75) is 37.9 Å². The predicted octanol–water partition coefficient (Wildman–Crippen LogP) is 1.95. The van der Waals surface area contributed by atoms with Crippen molar-refractivity contribution >= 4 is 33.1 Å². The van der Waals surface area contributed by atoms with Crippen molar-refractivity contribution in [2.24, 2.45) is 0 Å². The van der Waals surface area contributed by atoms with Gasteiger partial charge in [-0.05, 0) is 32.9 Å². The molecule has 0 atom stereocenters. The summed E-state index contributed by atoms with van der Waals surface area (Å²) < 4.78 is 28.7. The van der Waals surface area contributed by atoms with Crippen LogP contribution in [0.15, 0.2) is 23.5 Å². The van der Waals surface area contributed by atoms with Crippen molar-refractivity contribution in [3.8, 4) is 10.6 Å². The molecule has 0 aliphatic carbocycles. The largest absolute Gasteiger partial charge is 0.459 e. The number of carbonyl (C=O) groups is 2. The van der Waals surface area contributed by atoms with Gasteiger partial charge < -0.3 is 9.64 Å². The Hall–Kier alpha value is -2.33. The lowest BCUT2D eigenvalue weighted by atomic mass is 10.1. The Labute approximate surface area is 167 Å². The summed E-state index contributed by atoms with van der Waals surface area (Å²) in [5.41, 5.74) is 0.344. The number of ether oxygens (including phenoxy) is 1. The molecule has 1 amide bonds. The smallest absolute Gasteiger partial charge is 0.326 e. The second-order valence-corrected chi connectivity index (χ2v) is 10.6. The Kier molecular flexibility index (Phi) is 5.28. The fraction of sp³-hybridized carbons (Fsp3) is 0.444. The van der Waals surface area contributed by atoms with Crippen LogP contribution in [0, 0.1) is 0 Å². The van der Waals surface area contributed by atoms with E-state index in [9.17, 15) is 18.0 Å². The number of nitrogens with zero attached hydrogens (tertiary/aromatic N) is 3. The second kappa shape index (κ2) is 7.25. The van der Waals surface area contributed by atoms with Gasteiger partial charge in [0.1, 0.15) is 12.1 Å². The normalized spacial score (nSPS) is 14.7. The maximum Gasteiger partial charge on any atom is 0.326 e. The van der Waals surface area contributed by atoms with Gasteiger partial charge in [-0.1, -0.05) is 0 Å². The first kappa shape index (κ1) is 20.4. The van der Waals surface area contributed by atoms with Crippen LogP contribution in [0.4, 0.5) is 0 Å². The van der Waals surface area contributed by atoms with Crippen LogP contribution >= 0.6 is 11.3 Å². The van der Waals surface area contributed by atoms with Crippen molar-refractivity contribution in [1.82, 2.24) is 14.9 Å². The predicted molar refractivity (Wildman–Crippen MR) is 104 cm³/mol. The van der Waals surface area contributed by atoms with Crippen molar-refractivity contribution in [3.05, 3.63) is 28.8 Å². The van der Waals surface area contributed by atoms with E-state index in [-0.39, 0.29) is 17.6 Å². The molecule has 3 rings (SSSR count). The van der Waals surface area contributed by atoms with E-state index in [1.807, 2.05) is 0 Å². The van der Waals surface area contributed by atoms with Gasteiger partial charge >= 0.3 is 5.97 Å². The molecule has 0 saturated carbocycles. The molecule has 0 spiro atoms. The molecule has 10 heteroatoms. The topological polar surface area (TPSA) is 107 Å². The SMILES string of the molecule is CC(C)(C)OC(=O)CN1CCc2sc(-c3ccnc(S(C)(=O)=O)n3)cc2C1=O. The first-order valence-electron chi connectivity index (χ1n) is 8.61. The lowest BCUT2D eigenvalue weighted by Crippen LogP contribution is -2.42. The average molecular weight is 424 g/mol. The van der Waals surface area contributed by atoms with Crippen molar-refractivity contribution in [3.63, 3.8) is 0 Å². The summed E-state index contributed by atoms with van der Waals surface area (Å²) in [6.07, 6.45) is 3.04. The molecule has 2 aromatic rings. The fourth-order valence-electron chi connectivity index (χ4n) is 2.77. The van der Waals surface area contributed by atoms with Crippen LogP contribution in [0.5, 0.6) is 0 Å². The summed E-state index contributed by atoms with van der Waals surface area (Å²) in [5, 5.41) is -0.255. The first-order chi connectivity index (χ1) is 12.9. The molecule has 150 valence electrons. The minimum atomic E-state index is -3.53. The van der Waals surface area contributed by atoms with Gasteiger partial charge in [0.25, 0.3) is 5.91 Å². The number of hydrogen-bond donors (Lipinski definition) is 0. The number of sulfone groups is 1. The summed E-state index contributed by atoms with van der Waals surface area (Å²) in [5.74, 6) is -0.694. The van der Waals surface area contributed by atoms with Crippen LogP contribution in [0.1, 0.15) is 36.0 Å². The third-order valence-electron chi connectivity index (χ3n) is 3.89. The van der Waals surface area contributed by atoms with Crippen LogP contribution in [0.25, 0.3) is 10.6 Å². The molecule has 3 heterocycles. The van der Waals surface area contributed by atoms with Crippen LogP contribution in [0.3, 0.4) is 0 Å². The van der Waals surface area contributed by atoms with Gasteiger partial charge in [-0.2, -0.15) is 0 Å². The number of carbonyl (C=O) groups excluding carboxylic acids is 2. The molecule has 0 aromatic carbocycles. The monoisotopic (exact) mass is 423 g/mol. The maximum atomic E-state index is 12.8. The van der Waals surface area contributed by atoms with Crippen LogP contribution in [0.2, 0.25) is 0 Å². The number of esters is 1. The Morgan fingerprint density at radius 1 is 1.36 bits per heavy atom. The first-order valence-corrected chi connectivity index (χ1v) is 11.3. The average Bonchev–Trinajstić information content (AvgIpc) is 3.00. The minimum Gasteiger partial charge on any atom is -0.459 e. The van der Waals surface area contributed by atoms with E-state index in [4.69, 9.17) is 4.74 Å². The third-order valence-corrected chi connectivity index (χ3v) is 5.97. The van der Waals surface area contributed by atoms with Gasteiger partial charge in [-0.3, -0.25) is 9.59 Å². The minimum absolute atomic E-state index is 0.105. The Bertz CT molecular complexity index is 1040. The zero-order valence-electron chi connectivity index (χ0n) is 16.1. The number of thiophene rings is 1. The molecular formula is C18H21N3O5S2. The lowest BCUT2D eigenvalue weighted by Gasteiger charge is -2.27. The molecule has 2 aromatic heterocycles. The molecule has 0 radical (unpaired) electrons. The standard InChI is InChI=1S/C18H21N3O5S2/c1-18(2,3)26-15(22)10-21-8-6-13-11(16(21)23)9-14(27-13)12-5-7-19-17(20-12)28(4,24)25/h5,7,9H,6,8,10H2,1-4H3. The molecular weight excluding hydrogens is 402 g/mol. The fourth-order valence-corrected chi connectivity index (χ4v) is 4.39. The summed E-state index contributed by atoms with van der Waals surface area (Å²) in [4.78, 5) is 35.8. The van der Waals surface area contributed by atoms with E-state index in [2.05, 4.69) is 9.97 Å². The van der Waals surface area contributed by atoms with Gasteiger partial charge in [-0.15, -0.1) is 11.3 Å². The van der Waals surface area contributed by atoms with Crippen molar-refractivity contribution in [1.29, 1.82) is 0 Å². The van der Waals surface area contributed by atoms with Gasteiger partial charge in [0.15, 0.2) is 0 Å². The lowest BCUT2D eigenvalue weighted by molar-refractivity contribution is -0.155. The number of hydrogen-bond acceptors (Lipinski definition) is 8. The molecule has 1 aliphatic heterocycles. The summed E-state index contributed by atoms with van der Waals surface area (Å²) >= 11 is 1.39. The highest BCUT2D eigenvalue weighted by atomic mass is 32.2. The Balaban J connectivity index is 1.83. The summed E-state index contributed by atoms with van der Waals surface area (Å²) in [6.45, 7) is 5.64. The van der Waals surface area contributed by atoms with Crippen molar-refractivity contribution < 1.29 is 22.7 Å².